The van der Waals surface area contributed by atoms with E-state index in [-0.39, 0.29) is 17.2 Å². The molecule has 1 aromatic rings. The van der Waals surface area contributed by atoms with Gasteiger partial charge in [-0.05, 0) is 27.6 Å². The highest BCUT2D eigenvalue weighted by molar-refractivity contribution is 9.10. The standard InChI is InChI=1S/C11H13BrN2O4S/c12-10-2-1-9(7-11(10)14(15)16)8-13-3-5-19(17,18)6-4-13/h1-2,7H,3-6,8H2. The first-order valence-corrected chi connectivity index (χ1v) is 8.34. The molecular formula is C11H13BrN2O4S. The highest BCUT2D eigenvalue weighted by Crippen LogP contribution is 2.26. The number of halogens is 1. The third-order valence-electron chi connectivity index (χ3n) is 3.05. The zero-order valence-corrected chi connectivity index (χ0v) is 12.5. The van der Waals surface area contributed by atoms with Gasteiger partial charge in [-0.2, -0.15) is 0 Å². The molecule has 19 heavy (non-hydrogen) atoms. The molecule has 0 unspecified atom stereocenters. The fourth-order valence-electron chi connectivity index (χ4n) is 1.96. The van der Waals surface area contributed by atoms with Gasteiger partial charge in [0.2, 0.25) is 0 Å². The SMILES string of the molecule is O=[N+]([O-])c1cc(CN2CCS(=O)(=O)CC2)ccc1Br. The summed E-state index contributed by atoms with van der Waals surface area (Å²) in [7, 11) is -2.89. The van der Waals surface area contributed by atoms with Gasteiger partial charge in [0.25, 0.3) is 5.69 Å². The van der Waals surface area contributed by atoms with Crippen LogP contribution in [0.25, 0.3) is 0 Å². The quantitative estimate of drug-likeness (QED) is 0.612. The molecule has 1 heterocycles. The van der Waals surface area contributed by atoms with Crippen LogP contribution in [0, 0.1) is 10.1 Å². The normalized spacial score (nSPS) is 19.2. The van der Waals surface area contributed by atoms with Crippen molar-refractivity contribution in [2.24, 2.45) is 0 Å². The zero-order chi connectivity index (χ0) is 14.0. The lowest BCUT2D eigenvalue weighted by molar-refractivity contribution is -0.385. The Labute approximate surface area is 119 Å². The minimum absolute atomic E-state index is 0.0298. The van der Waals surface area contributed by atoms with Crippen LogP contribution >= 0.6 is 15.9 Å². The second-order valence-corrected chi connectivity index (χ2v) is 7.63. The Kier molecular flexibility index (Phi) is 4.22. The number of nitrogens with zero attached hydrogens (tertiary/aromatic N) is 2. The second-order valence-electron chi connectivity index (χ2n) is 4.47. The van der Waals surface area contributed by atoms with Crippen molar-refractivity contribution in [2.45, 2.75) is 6.54 Å². The number of nitro groups is 1. The van der Waals surface area contributed by atoms with Crippen LogP contribution in [0.2, 0.25) is 0 Å². The van der Waals surface area contributed by atoms with Gasteiger partial charge in [-0.25, -0.2) is 8.42 Å². The average molecular weight is 349 g/mol. The highest BCUT2D eigenvalue weighted by Gasteiger charge is 2.22. The molecule has 6 nitrogen and oxygen atoms in total. The Morgan fingerprint density at radius 2 is 1.95 bits per heavy atom. The highest BCUT2D eigenvalue weighted by atomic mass is 79.9. The zero-order valence-electron chi connectivity index (χ0n) is 10.1. The van der Waals surface area contributed by atoms with E-state index in [0.29, 0.717) is 24.1 Å². The van der Waals surface area contributed by atoms with Crippen LogP contribution in [0.1, 0.15) is 5.56 Å². The van der Waals surface area contributed by atoms with E-state index >= 15 is 0 Å². The fourth-order valence-corrected chi connectivity index (χ4v) is 3.63. The van der Waals surface area contributed by atoms with E-state index in [2.05, 4.69) is 15.9 Å². The monoisotopic (exact) mass is 348 g/mol. The summed E-state index contributed by atoms with van der Waals surface area (Å²) in [5.74, 6) is 0.317. The summed E-state index contributed by atoms with van der Waals surface area (Å²) >= 11 is 3.14. The van der Waals surface area contributed by atoms with E-state index in [1.54, 1.807) is 12.1 Å². The van der Waals surface area contributed by atoms with Gasteiger partial charge in [0.1, 0.15) is 0 Å². The van der Waals surface area contributed by atoms with Crippen molar-refractivity contribution in [3.63, 3.8) is 0 Å². The summed E-state index contributed by atoms with van der Waals surface area (Å²) in [4.78, 5) is 12.4. The number of benzene rings is 1. The van der Waals surface area contributed by atoms with Crippen LogP contribution in [0.4, 0.5) is 5.69 Å². The van der Waals surface area contributed by atoms with Gasteiger partial charge in [-0.1, -0.05) is 6.07 Å². The lowest BCUT2D eigenvalue weighted by Gasteiger charge is -2.26. The molecule has 0 aliphatic carbocycles. The van der Waals surface area contributed by atoms with E-state index in [1.807, 2.05) is 4.90 Å². The lowest BCUT2D eigenvalue weighted by atomic mass is 10.2. The molecule has 8 heteroatoms. The molecule has 1 fully saturated rings. The summed E-state index contributed by atoms with van der Waals surface area (Å²) in [5.41, 5.74) is 0.844. The van der Waals surface area contributed by atoms with Crippen molar-refractivity contribution in [1.82, 2.24) is 4.90 Å². The van der Waals surface area contributed by atoms with Crippen molar-refractivity contribution < 1.29 is 13.3 Å². The molecule has 0 spiro atoms. The molecule has 1 aromatic carbocycles. The van der Waals surface area contributed by atoms with Gasteiger partial charge < -0.3 is 0 Å². The van der Waals surface area contributed by atoms with E-state index in [0.717, 1.165) is 5.56 Å². The molecule has 1 saturated heterocycles. The fraction of sp³-hybridized carbons (Fsp3) is 0.455. The molecular weight excluding hydrogens is 336 g/mol. The van der Waals surface area contributed by atoms with Gasteiger partial charge in [0, 0.05) is 25.7 Å². The first-order chi connectivity index (χ1) is 8.87. The van der Waals surface area contributed by atoms with Gasteiger partial charge >= 0.3 is 0 Å². The van der Waals surface area contributed by atoms with Crippen molar-refractivity contribution in [1.29, 1.82) is 0 Å². The minimum Gasteiger partial charge on any atom is -0.297 e. The maximum atomic E-state index is 11.3. The largest absolute Gasteiger partial charge is 0.297 e. The van der Waals surface area contributed by atoms with Crippen LogP contribution in [0.5, 0.6) is 0 Å². The number of sulfone groups is 1. The van der Waals surface area contributed by atoms with Crippen LogP contribution in [-0.4, -0.2) is 42.8 Å². The lowest BCUT2D eigenvalue weighted by Crippen LogP contribution is -2.39. The maximum absolute atomic E-state index is 11.3. The van der Waals surface area contributed by atoms with E-state index < -0.39 is 14.8 Å². The molecule has 0 radical (unpaired) electrons. The molecule has 1 aliphatic heterocycles. The molecule has 0 atom stereocenters. The molecule has 2 rings (SSSR count). The Morgan fingerprint density at radius 1 is 1.32 bits per heavy atom. The topological polar surface area (TPSA) is 80.5 Å². The Balaban J connectivity index is 2.08. The van der Waals surface area contributed by atoms with Crippen molar-refractivity contribution in [3.05, 3.63) is 38.3 Å². The Morgan fingerprint density at radius 3 is 2.53 bits per heavy atom. The van der Waals surface area contributed by atoms with Crippen LogP contribution < -0.4 is 0 Å². The van der Waals surface area contributed by atoms with E-state index in [4.69, 9.17) is 0 Å². The van der Waals surface area contributed by atoms with Crippen molar-refractivity contribution in [2.75, 3.05) is 24.6 Å². The van der Waals surface area contributed by atoms with Crippen LogP contribution in [0.3, 0.4) is 0 Å². The predicted molar refractivity (Wildman–Crippen MR) is 74.7 cm³/mol. The van der Waals surface area contributed by atoms with Gasteiger partial charge in [-0.3, -0.25) is 15.0 Å². The Bertz CT molecular complexity index is 589. The molecule has 0 amide bonds. The molecule has 0 bridgehead atoms. The first-order valence-electron chi connectivity index (χ1n) is 5.73. The number of nitro benzene ring substituents is 1. The minimum atomic E-state index is -2.89. The summed E-state index contributed by atoms with van der Waals surface area (Å²) in [5, 5.41) is 10.8. The maximum Gasteiger partial charge on any atom is 0.283 e. The molecule has 0 saturated carbocycles. The Hall–Kier alpha value is -0.990. The third kappa shape index (κ3) is 3.74. The summed E-state index contributed by atoms with van der Waals surface area (Å²) in [6, 6.07) is 4.97. The summed E-state index contributed by atoms with van der Waals surface area (Å²) in [6.07, 6.45) is 0. The first kappa shape index (κ1) is 14.4. The van der Waals surface area contributed by atoms with Crippen LogP contribution in [-0.2, 0) is 16.4 Å². The van der Waals surface area contributed by atoms with E-state index in [9.17, 15) is 18.5 Å². The third-order valence-corrected chi connectivity index (χ3v) is 5.33. The van der Waals surface area contributed by atoms with Gasteiger partial charge in [0.05, 0.1) is 20.9 Å². The van der Waals surface area contributed by atoms with Crippen LogP contribution in [0.15, 0.2) is 22.7 Å². The summed E-state index contributed by atoms with van der Waals surface area (Å²) in [6.45, 7) is 1.49. The molecule has 104 valence electrons. The second kappa shape index (κ2) is 5.56. The predicted octanol–water partition coefficient (Wildman–Crippen LogP) is 1.59. The van der Waals surface area contributed by atoms with Gasteiger partial charge in [-0.15, -0.1) is 0 Å². The average Bonchev–Trinajstić information content (AvgIpc) is 2.34. The number of hydrogen-bond donors (Lipinski definition) is 0. The van der Waals surface area contributed by atoms with Crippen molar-refractivity contribution >= 4 is 31.5 Å². The summed E-state index contributed by atoms with van der Waals surface area (Å²) < 4.78 is 23.1. The van der Waals surface area contributed by atoms with Crippen molar-refractivity contribution in [3.8, 4) is 0 Å². The smallest absolute Gasteiger partial charge is 0.283 e. The number of hydrogen-bond acceptors (Lipinski definition) is 5. The van der Waals surface area contributed by atoms with E-state index in [1.165, 1.54) is 6.07 Å². The van der Waals surface area contributed by atoms with Gasteiger partial charge in [0.15, 0.2) is 9.84 Å². The molecule has 1 aliphatic rings. The molecule has 0 N–H and O–H groups in total. The molecule has 0 aromatic heterocycles. The number of rotatable bonds is 3.